The molecule has 1 rings (SSSR count). The zero-order chi connectivity index (χ0) is 17.5. The Hall–Kier alpha value is -1.47. The normalized spacial score (nSPS) is 11.6. The molecule has 0 aliphatic carbocycles. The second-order valence-corrected chi connectivity index (χ2v) is 5.32. The van der Waals surface area contributed by atoms with Gasteiger partial charge in [0.15, 0.2) is 0 Å². The highest BCUT2D eigenvalue weighted by atomic mass is 35.5. The van der Waals surface area contributed by atoms with Gasteiger partial charge in [0.05, 0.1) is 17.5 Å². The van der Waals surface area contributed by atoms with Gasteiger partial charge in [0.2, 0.25) is 5.91 Å². The fraction of sp³-hybridized carbons (Fsp3) is 0.562. The van der Waals surface area contributed by atoms with Crippen molar-refractivity contribution in [3.05, 3.63) is 29.8 Å². The average Bonchev–Trinajstić information content (AvgIpc) is 2.53. The first-order chi connectivity index (χ1) is 10.8. The standard InChI is InChI=1S/C16H23F3N2O2.ClH/c1-3-15(4-2,11-20)14(22)21-9-10-23-13-7-5-12(6-8-13)16(17,18)19;/h5-8H,3-4,9-11,20H2,1-2H3,(H,21,22);1H. The summed E-state index contributed by atoms with van der Waals surface area (Å²) < 4.78 is 42.6. The predicted octanol–water partition coefficient (Wildman–Crippen LogP) is 3.39. The van der Waals surface area contributed by atoms with Crippen molar-refractivity contribution in [1.29, 1.82) is 0 Å². The third-order valence-electron chi connectivity index (χ3n) is 4.06. The van der Waals surface area contributed by atoms with Crippen LogP contribution in [0.25, 0.3) is 0 Å². The van der Waals surface area contributed by atoms with Crippen molar-refractivity contribution < 1.29 is 22.7 Å². The number of rotatable bonds is 8. The first-order valence-electron chi connectivity index (χ1n) is 7.57. The number of hydrogen-bond acceptors (Lipinski definition) is 3. The van der Waals surface area contributed by atoms with Gasteiger partial charge < -0.3 is 15.8 Å². The third-order valence-corrected chi connectivity index (χ3v) is 4.06. The van der Waals surface area contributed by atoms with E-state index in [1.54, 1.807) is 0 Å². The summed E-state index contributed by atoms with van der Waals surface area (Å²) in [5.74, 6) is 0.198. The number of nitrogens with two attached hydrogens (primary N) is 1. The van der Waals surface area contributed by atoms with Crippen molar-refractivity contribution in [2.45, 2.75) is 32.9 Å². The van der Waals surface area contributed by atoms with E-state index in [0.29, 0.717) is 18.6 Å². The lowest BCUT2D eigenvalue weighted by molar-refractivity contribution is -0.137. The summed E-state index contributed by atoms with van der Waals surface area (Å²) in [7, 11) is 0. The minimum atomic E-state index is -4.36. The van der Waals surface area contributed by atoms with Crippen LogP contribution in [0.2, 0.25) is 0 Å². The summed E-state index contributed by atoms with van der Waals surface area (Å²) in [5.41, 5.74) is 4.39. The number of hydrogen-bond donors (Lipinski definition) is 2. The van der Waals surface area contributed by atoms with Crippen LogP contribution in [0.15, 0.2) is 24.3 Å². The fourth-order valence-corrected chi connectivity index (χ4v) is 2.21. The van der Waals surface area contributed by atoms with Gasteiger partial charge in [-0.2, -0.15) is 13.2 Å². The zero-order valence-corrected chi connectivity index (χ0v) is 14.6. The molecule has 4 nitrogen and oxygen atoms in total. The minimum absolute atomic E-state index is 0. The Morgan fingerprint density at radius 1 is 1.17 bits per heavy atom. The quantitative estimate of drug-likeness (QED) is 0.691. The van der Waals surface area contributed by atoms with Gasteiger partial charge in [-0.05, 0) is 37.1 Å². The van der Waals surface area contributed by atoms with Crippen molar-refractivity contribution >= 4 is 18.3 Å². The maximum atomic E-state index is 12.4. The van der Waals surface area contributed by atoms with Gasteiger partial charge in [0.25, 0.3) is 0 Å². The van der Waals surface area contributed by atoms with E-state index in [0.717, 1.165) is 12.1 Å². The Morgan fingerprint density at radius 2 is 1.71 bits per heavy atom. The number of carbonyl (C=O) groups excluding carboxylic acids is 1. The fourth-order valence-electron chi connectivity index (χ4n) is 2.21. The van der Waals surface area contributed by atoms with E-state index >= 15 is 0 Å². The summed E-state index contributed by atoms with van der Waals surface area (Å²) in [5, 5.41) is 2.76. The van der Waals surface area contributed by atoms with Gasteiger partial charge >= 0.3 is 6.18 Å². The van der Waals surface area contributed by atoms with E-state index in [9.17, 15) is 18.0 Å². The number of ether oxygens (including phenoxy) is 1. The van der Waals surface area contributed by atoms with Crippen molar-refractivity contribution in [3.63, 3.8) is 0 Å². The van der Waals surface area contributed by atoms with Gasteiger partial charge in [0.1, 0.15) is 12.4 Å². The topological polar surface area (TPSA) is 64.4 Å². The zero-order valence-electron chi connectivity index (χ0n) is 13.8. The lowest BCUT2D eigenvalue weighted by Crippen LogP contribution is -2.46. The monoisotopic (exact) mass is 368 g/mol. The smallest absolute Gasteiger partial charge is 0.416 e. The molecule has 0 heterocycles. The number of carbonyl (C=O) groups is 1. The molecule has 0 bridgehead atoms. The maximum absolute atomic E-state index is 12.4. The van der Waals surface area contributed by atoms with Gasteiger partial charge in [-0.25, -0.2) is 0 Å². The summed E-state index contributed by atoms with van der Waals surface area (Å²) in [6, 6.07) is 4.43. The number of benzene rings is 1. The van der Waals surface area contributed by atoms with Crippen molar-refractivity contribution in [3.8, 4) is 5.75 Å². The number of amides is 1. The van der Waals surface area contributed by atoms with Crippen LogP contribution in [0.5, 0.6) is 5.75 Å². The van der Waals surface area contributed by atoms with E-state index in [1.807, 2.05) is 13.8 Å². The Bertz CT molecular complexity index is 495. The summed E-state index contributed by atoms with van der Waals surface area (Å²) >= 11 is 0. The van der Waals surface area contributed by atoms with Crippen LogP contribution >= 0.6 is 12.4 Å². The van der Waals surface area contributed by atoms with Crippen molar-refractivity contribution in [2.75, 3.05) is 19.7 Å². The van der Waals surface area contributed by atoms with Crippen LogP contribution in [0.3, 0.4) is 0 Å². The predicted molar refractivity (Wildman–Crippen MR) is 89.3 cm³/mol. The van der Waals surface area contributed by atoms with E-state index < -0.39 is 17.2 Å². The molecule has 0 spiro atoms. The highest BCUT2D eigenvalue weighted by molar-refractivity contribution is 5.85. The van der Waals surface area contributed by atoms with E-state index in [4.69, 9.17) is 10.5 Å². The van der Waals surface area contributed by atoms with Gasteiger partial charge in [-0.15, -0.1) is 12.4 Å². The third kappa shape index (κ3) is 5.87. The molecule has 0 saturated carbocycles. The summed E-state index contributed by atoms with van der Waals surface area (Å²) in [6.07, 6.45) is -3.07. The Balaban J connectivity index is 0.00000529. The molecule has 1 aromatic rings. The van der Waals surface area contributed by atoms with Crippen LogP contribution in [0.1, 0.15) is 32.3 Å². The van der Waals surface area contributed by atoms with E-state index in [-0.39, 0.29) is 38.0 Å². The summed E-state index contributed by atoms with van der Waals surface area (Å²) in [4.78, 5) is 12.2. The minimum Gasteiger partial charge on any atom is -0.492 e. The molecule has 0 aliphatic heterocycles. The lowest BCUT2D eigenvalue weighted by Gasteiger charge is -2.28. The van der Waals surface area contributed by atoms with Crippen LogP contribution in [-0.4, -0.2) is 25.6 Å². The SMILES string of the molecule is CCC(CC)(CN)C(=O)NCCOc1ccc(C(F)(F)F)cc1.Cl. The highest BCUT2D eigenvalue weighted by Gasteiger charge is 2.33. The first kappa shape index (κ1) is 22.5. The number of nitrogens with one attached hydrogen (secondary N) is 1. The molecule has 0 fully saturated rings. The molecular weight excluding hydrogens is 345 g/mol. The Morgan fingerprint density at radius 3 is 2.12 bits per heavy atom. The van der Waals surface area contributed by atoms with Gasteiger partial charge in [-0.1, -0.05) is 13.8 Å². The second-order valence-electron chi connectivity index (χ2n) is 5.32. The molecule has 0 radical (unpaired) electrons. The molecular formula is C16H24ClF3N2O2. The van der Waals surface area contributed by atoms with E-state index in [2.05, 4.69) is 5.32 Å². The van der Waals surface area contributed by atoms with Crippen LogP contribution in [0.4, 0.5) is 13.2 Å². The molecule has 0 saturated heterocycles. The molecule has 3 N–H and O–H groups in total. The maximum Gasteiger partial charge on any atom is 0.416 e. The molecule has 0 unspecified atom stereocenters. The van der Waals surface area contributed by atoms with Crippen LogP contribution in [-0.2, 0) is 11.0 Å². The van der Waals surface area contributed by atoms with Crippen LogP contribution in [0, 0.1) is 5.41 Å². The Labute approximate surface area is 146 Å². The number of halogens is 4. The van der Waals surface area contributed by atoms with Gasteiger partial charge in [-0.3, -0.25) is 4.79 Å². The first-order valence-corrected chi connectivity index (χ1v) is 7.57. The second kappa shape index (κ2) is 9.74. The highest BCUT2D eigenvalue weighted by Crippen LogP contribution is 2.30. The molecule has 138 valence electrons. The van der Waals surface area contributed by atoms with E-state index in [1.165, 1.54) is 12.1 Å². The molecule has 8 heteroatoms. The average molecular weight is 369 g/mol. The molecule has 0 aliphatic rings. The van der Waals surface area contributed by atoms with Crippen molar-refractivity contribution in [2.24, 2.45) is 11.1 Å². The molecule has 1 aromatic carbocycles. The summed E-state index contributed by atoms with van der Waals surface area (Å²) in [6.45, 7) is 4.53. The van der Waals surface area contributed by atoms with Gasteiger partial charge in [0, 0.05) is 6.54 Å². The largest absolute Gasteiger partial charge is 0.492 e. The molecule has 0 atom stereocenters. The lowest BCUT2D eigenvalue weighted by atomic mass is 9.81. The Kier molecular flexibility index (Phi) is 9.14. The molecule has 1 amide bonds. The van der Waals surface area contributed by atoms with Crippen LogP contribution < -0.4 is 15.8 Å². The number of alkyl halides is 3. The molecule has 24 heavy (non-hydrogen) atoms. The molecule has 0 aromatic heterocycles. The van der Waals surface area contributed by atoms with Crippen molar-refractivity contribution in [1.82, 2.24) is 5.32 Å².